The number of nitrogens with zero attached hydrogens (tertiary/aromatic N) is 2. The summed E-state index contributed by atoms with van der Waals surface area (Å²) in [4.78, 5) is 7.51. The third-order valence-corrected chi connectivity index (χ3v) is 5.72. The van der Waals surface area contributed by atoms with Gasteiger partial charge in [-0.2, -0.15) is 0 Å². The Labute approximate surface area is 187 Å². The number of H-pyrrole nitrogens is 1. The van der Waals surface area contributed by atoms with E-state index in [0.29, 0.717) is 17.3 Å². The van der Waals surface area contributed by atoms with Crippen LogP contribution in [0, 0.1) is 13.5 Å². The van der Waals surface area contributed by atoms with Crippen molar-refractivity contribution < 1.29 is 4.74 Å². The Kier molecular flexibility index (Phi) is 5.01. The van der Waals surface area contributed by atoms with Gasteiger partial charge < -0.3 is 9.72 Å². The first-order chi connectivity index (χ1) is 15.7. The number of fused-ring (bicyclic) bond motifs is 1. The molecule has 0 aliphatic rings. The van der Waals surface area contributed by atoms with E-state index in [4.69, 9.17) is 11.3 Å². The van der Waals surface area contributed by atoms with E-state index < -0.39 is 0 Å². The van der Waals surface area contributed by atoms with E-state index in [2.05, 4.69) is 45.4 Å². The molecule has 156 valence electrons. The quantitative estimate of drug-likeness (QED) is 0.291. The maximum atomic E-state index is 7.91. The highest BCUT2D eigenvalue weighted by Gasteiger charge is 2.26. The van der Waals surface area contributed by atoms with Gasteiger partial charge in [0.1, 0.15) is 11.4 Å². The van der Waals surface area contributed by atoms with Crippen molar-refractivity contribution in [1.29, 1.82) is 0 Å². The van der Waals surface area contributed by atoms with Crippen LogP contribution in [0.5, 0.6) is 11.6 Å². The third-order valence-electron chi connectivity index (χ3n) is 5.72. The number of benzene rings is 3. The summed E-state index contributed by atoms with van der Waals surface area (Å²) in [5.74, 6) is 1.26. The van der Waals surface area contributed by atoms with E-state index in [-0.39, 0.29) is 0 Å². The lowest BCUT2D eigenvalue weighted by Crippen LogP contribution is -1.93. The molecular weight excluding hydrogens is 394 g/mol. The molecule has 32 heavy (non-hydrogen) atoms. The SMILES string of the molecule is [C-]#[N+]c1c(CC)c2[nH]c(-c3ccccc3)c(-c3ccccc3)n2c1Oc1ccc(C)cc1. The monoisotopic (exact) mass is 417 g/mol. The highest BCUT2D eigenvalue weighted by atomic mass is 16.5. The average Bonchev–Trinajstić information content (AvgIpc) is 3.36. The number of hydrogen-bond donors (Lipinski definition) is 1. The van der Waals surface area contributed by atoms with E-state index in [0.717, 1.165) is 45.7 Å². The van der Waals surface area contributed by atoms with Crippen molar-refractivity contribution in [2.45, 2.75) is 20.3 Å². The molecule has 0 bridgehead atoms. The van der Waals surface area contributed by atoms with Crippen molar-refractivity contribution in [2.75, 3.05) is 0 Å². The van der Waals surface area contributed by atoms with Gasteiger partial charge >= 0.3 is 0 Å². The molecular formula is C28H23N3O. The Balaban J connectivity index is 1.85. The van der Waals surface area contributed by atoms with Gasteiger partial charge in [-0.05, 0) is 25.5 Å². The molecule has 0 radical (unpaired) electrons. The van der Waals surface area contributed by atoms with Crippen molar-refractivity contribution in [3.05, 3.63) is 107 Å². The van der Waals surface area contributed by atoms with Gasteiger partial charge in [0.05, 0.1) is 18.0 Å². The number of ether oxygens (including phenoxy) is 1. The van der Waals surface area contributed by atoms with Gasteiger partial charge in [0, 0.05) is 16.7 Å². The molecule has 2 heterocycles. The fourth-order valence-corrected chi connectivity index (χ4v) is 4.16. The summed E-state index contributed by atoms with van der Waals surface area (Å²) in [5.41, 5.74) is 7.71. The molecule has 0 amide bonds. The predicted molar refractivity (Wildman–Crippen MR) is 130 cm³/mol. The predicted octanol–water partition coefficient (Wildman–Crippen LogP) is 7.82. The summed E-state index contributed by atoms with van der Waals surface area (Å²) < 4.78 is 8.46. The molecule has 0 spiro atoms. The summed E-state index contributed by atoms with van der Waals surface area (Å²) in [6, 6.07) is 28.5. The second kappa shape index (κ2) is 8.13. The molecule has 4 heteroatoms. The number of aryl methyl sites for hydroxylation is 2. The van der Waals surface area contributed by atoms with Gasteiger partial charge in [-0.3, -0.25) is 4.40 Å². The topological polar surface area (TPSA) is 33.8 Å². The number of aromatic nitrogens is 2. The lowest BCUT2D eigenvalue weighted by Gasteiger charge is -2.11. The van der Waals surface area contributed by atoms with E-state index in [1.165, 1.54) is 0 Å². The summed E-state index contributed by atoms with van der Waals surface area (Å²) in [6.45, 7) is 12.0. The second-order valence-electron chi connectivity index (χ2n) is 7.78. The van der Waals surface area contributed by atoms with Crippen molar-refractivity contribution in [3.8, 4) is 34.1 Å². The highest BCUT2D eigenvalue weighted by Crippen LogP contribution is 2.45. The molecule has 0 saturated heterocycles. The number of imidazole rings is 1. The lowest BCUT2D eigenvalue weighted by molar-refractivity contribution is 0.462. The van der Waals surface area contributed by atoms with Crippen LogP contribution in [0.3, 0.4) is 0 Å². The van der Waals surface area contributed by atoms with Crippen LogP contribution >= 0.6 is 0 Å². The maximum absolute atomic E-state index is 7.91. The first-order valence-corrected chi connectivity index (χ1v) is 10.7. The second-order valence-corrected chi connectivity index (χ2v) is 7.78. The molecule has 0 saturated carbocycles. The molecule has 0 aliphatic heterocycles. The van der Waals surface area contributed by atoms with Crippen LogP contribution in [0.2, 0.25) is 0 Å². The minimum absolute atomic E-state index is 0.549. The van der Waals surface area contributed by atoms with Crippen LogP contribution in [0.15, 0.2) is 84.9 Å². The smallest absolute Gasteiger partial charge is 0.252 e. The zero-order chi connectivity index (χ0) is 22.1. The van der Waals surface area contributed by atoms with Crippen molar-refractivity contribution >= 4 is 11.3 Å². The van der Waals surface area contributed by atoms with Gasteiger partial charge in [0.15, 0.2) is 0 Å². The number of rotatable bonds is 5. The zero-order valence-electron chi connectivity index (χ0n) is 18.1. The van der Waals surface area contributed by atoms with Gasteiger partial charge in [0.2, 0.25) is 5.88 Å². The summed E-state index contributed by atoms with van der Waals surface area (Å²) >= 11 is 0. The molecule has 5 aromatic rings. The summed E-state index contributed by atoms with van der Waals surface area (Å²) in [7, 11) is 0. The minimum Gasteiger partial charge on any atom is -0.450 e. The Morgan fingerprint density at radius 3 is 2.09 bits per heavy atom. The van der Waals surface area contributed by atoms with Crippen LogP contribution in [-0.4, -0.2) is 9.38 Å². The molecule has 0 fully saturated rings. The van der Waals surface area contributed by atoms with E-state index >= 15 is 0 Å². The molecule has 3 aromatic carbocycles. The van der Waals surface area contributed by atoms with Crippen molar-refractivity contribution in [1.82, 2.24) is 9.38 Å². The van der Waals surface area contributed by atoms with E-state index in [9.17, 15) is 0 Å². The van der Waals surface area contributed by atoms with Crippen LogP contribution in [-0.2, 0) is 6.42 Å². The zero-order valence-corrected chi connectivity index (χ0v) is 18.1. The van der Waals surface area contributed by atoms with Gasteiger partial charge in [-0.1, -0.05) is 85.3 Å². The number of hydrogen-bond acceptors (Lipinski definition) is 1. The highest BCUT2D eigenvalue weighted by molar-refractivity contribution is 5.88. The Morgan fingerprint density at radius 2 is 1.50 bits per heavy atom. The van der Waals surface area contributed by atoms with Crippen LogP contribution in [0.25, 0.3) is 33.0 Å². The van der Waals surface area contributed by atoms with E-state index in [1.807, 2.05) is 67.6 Å². The first-order valence-electron chi connectivity index (χ1n) is 10.7. The maximum Gasteiger partial charge on any atom is 0.252 e. The van der Waals surface area contributed by atoms with E-state index in [1.54, 1.807) is 0 Å². The first kappa shape index (κ1) is 19.7. The molecule has 4 nitrogen and oxygen atoms in total. The molecule has 2 aromatic heterocycles. The van der Waals surface area contributed by atoms with Crippen LogP contribution in [0.1, 0.15) is 18.1 Å². The Hall–Kier alpha value is -4.23. The lowest BCUT2D eigenvalue weighted by atomic mass is 10.0. The average molecular weight is 418 g/mol. The molecule has 0 aliphatic carbocycles. The number of nitrogens with one attached hydrogen (secondary N) is 1. The van der Waals surface area contributed by atoms with Gasteiger partial charge in [-0.25, -0.2) is 4.85 Å². The molecule has 5 rings (SSSR count). The fourth-order valence-electron chi connectivity index (χ4n) is 4.16. The summed E-state index contributed by atoms with van der Waals surface area (Å²) in [5, 5.41) is 0. The van der Waals surface area contributed by atoms with Crippen molar-refractivity contribution in [3.63, 3.8) is 0 Å². The molecule has 1 N–H and O–H groups in total. The Morgan fingerprint density at radius 1 is 0.875 bits per heavy atom. The minimum atomic E-state index is 0.549. The number of aromatic amines is 1. The largest absolute Gasteiger partial charge is 0.450 e. The normalized spacial score (nSPS) is 10.9. The van der Waals surface area contributed by atoms with Crippen molar-refractivity contribution in [2.24, 2.45) is 0 Å². The summed E-state index contributed by atoms with van der Waals surface area (Å²) in [6.07, 6.45) is 0.724. The van der Waals surface area contributed by atoms with Gasteiger partial charge in [0.25, 0.3) is 5.69 Å². The fraction of sp³-hybridized carbons (Fsp3) is 0.107. The standard InChI is InChI=1S/C28H23N3O/c1-4-23-25(29-3)28(32-22-17-15-19(2)16-18-22)31-26(21-13-9-6-10-14-21)24(30-27(23)31)20-11-7-5-8-12-20/h5-18,30H,4H2,1-2H3. The molecule has 0 atom stereocenters. The third kappa shape index (κ3) is 3.25. The van der Waals surface area contributed by atoms with Gasteiger partial charge in [-0.15, -0.1) is 0 Å². The Bertz CT molecular complexity index is 1420. The van der Waals surface area contributed by atoms with Crippen LogP contribution < -0.4 is 4.74 Å². The molecule has 0 unspecified atom stereocenters. The van der Waals surface area contributed by atoms with Crippen LogP contribution in [0.4, 0.5) is 5.69 Å².